The second-order valence-corrected chi connectivity index (χ2v) is 9.29. The van der Waals surface area contributed by atoms with E-state index in [2.05, 4.69) is 5.32 Å². The summed E-state index contributed by atoms with van der Waals surface area (Å²) in [5.41, 5.74) is 3.89. The van der Waals surface area contributed by atoms with Crippen molar-refractivity contribution in [1.29, 1.82) is 0 Å². The molecule has 0 aliphatic heterocycles. The number of pyridine rings is 1. The van der Waals surface area contributed by atoms with Gasteiger partial charge in [-0.05, 0) is 49.1 Å². The van der Waals surface area contributed by atoms with Gasteiger partial charge in [-0.25, -0.2) is 8.42 Å². The summed E-state index contributed by atoms with van der Waals surface area (Å²) in [5, 5.41) is 3.74. The number of hydrogen-bond acceptors (Lipinski definition) is 4. The Morgan fingerprint density at radius 3 is 2.60 bits per heavy atom. The molecule has 0 saturated heterocycles. The Hall–Kier alpha value is -2.77. The second-order valence-electron chi connectivity index (χ2n) is 7.35. The third kappa shape index (κ3) is 3.59. The van der Waals surface area contributed by atoms with Gasteiger partial charge in [0.25, 0.3) is 5.91 Å². The first-order valence-electron chi connectivity index (χ1n) is 10.3. The summed E-state index contributed by atoms with van der Waals surface area (Å²) >= 11 is 0. The van der Waals surface area contributed by atoms with Crippen molar-refractivity contribution >= 4 is 32.5 Å². The fourth-order valence-corrected chi connectivity index (χ4v) is 5.62. The van der Waals surface area contributed by atoms with E-state index in [4.69, 9.17) is 4.98 Å². The van der Waals surface area contributed by atoms with E-state index >= 15 is 0 Å². The maximum atomic E-state index is 13.3. The highest BCUT2D eigenvalue weighted by atomic mass is 32.2. The maximum Gasteiger partial charge on any atom is 0.256 e. The number of benzene rings is 2. The number of nitrogens with zero attached hydrogens (tertiary/aromatic N) is 2. The predicted octanol–water partition coefficient (Wildman–Crippen LogP) is 4.01. The number of carbonyl (C=O) groups excluding carboxylic acids is 1. The lowest BCUT2D eigenvalue weighted by Gasteiger charge is -2.19. The zero-order valence-corrected chi connectivity index (χ0v) is 18.0. The van der Waals surface area contributed by atoms with Crippen LogP contribution in [-0.4, -0.2) is 36.7 Å². The van der Waals surface area contributed by atoms with E-state index in [0.29, 0.717) is 24.3 Å². The standard InChI is InChI=1S/C23H25N3O3S/c1-3-26(4-2)30(28,29)17-10-7-9-16(15-17)24-23(27)22-18-11-5-6-13-20(18)25-21-14-8-12-19(21)22/h5-7,9-11,13,15H,3-4,8,12,14H2,1-2H3,(H,24,27). The lowest BCUT2D eigenvalue weighted by molar-refractivity contribution is 0.102. The number of anilines is 1. The fraction of sp³-hybridized carbons (Fsp3) is 0.304. The summed E-state index contributed by atoms with van der Waals surface area (Å²) in [4.78, 5) is 18.2. The summed E-state index contributed by atoms with van der Waals surface area (Å²) < 4.78 is 27.1. The Kier molecular flexibility index (Phi) is 5.58. The van der Waals surface area contributed by atoms with E-state index in [1.54, 1.807) is 18.2 Å². The summed E-state index contributed by atoms with van der Waals surface area (Å²) in [5.74, 6) is -0.232. The molecule has 0 spiro atoms. The van der Waals surface area contributed by atoms with Crippen LogP contribution in [0.2, 0.25) is 0 Å². The van der Waals surface area contributed by atoms with Crippen LogP contribution in [0.15, 0.2) is 53.4 Å². The van der Waals surface area contributed by atoms with E-state index in [9.17, 15) is 13.2 Å². The van der Waals surface area contributed by atoms with E-state index < -0.39 is 10.0 Å². The average Bonchev–Trinajstić information content (AvgIpc) is 3.20. The Bertz CT molecular complexity index is 1220. The molecule has 0 saturated carbocycles. The molecule has 156 valence electrons. The molecular weight excluding hydrogens is 398 g/mol. The summed E-state index contributed by atoms with van der Waals surface area (Å²) in [6.45, 7) is 4.40. The van der Waals surface area contributed by atoms with Gasteiger partial charge in [0.05, 0.1) is 16.0 Å². The molecule has 6 nitrogen and oxygen atoms in total. The number of carbonyl (C=O) groups is 1. The molecule has 30 heavy (non-hydrogen) atoms. The van der Waals surface area contributed by atoms with E-state index in [1.807, 2.05) is 38.1 Å². The number of rotatable bonds is 6. The zero-order valence-electron chi connectivity index (χ0n) is 17.2. The Balaban J connectivity index is 1.71. The molecule has 0 bridgehead atoms. The molecule has 1 aromatic heterocycles. The number of aryl methyl sites for hydroxylation is 1. The molecule has 1 heterocycles. The van der Waals surface area contributed by atoms with Crippen LogP contribution in [0.25, 0.3) is 10.9 Å². The summed E-state index contributed by atoms with van der Waals surface area (Å²) in [6, 6.07) is 14.1. The Morgan fingerprint density at radius 1 is 1.07 bits per heavy atom. The van der Waals surface area contributed by atoms with Gasteiger partial charge < -0.3 is 5.32 Å². The lowest BCUT2D eigenvalue weighted by atomic mass is 10.0. The SMILES string of the molecule is CCN(CC)S(=O)(=O)c1cccc(NC(=O)c2c3c(nc4ccccc24)CCC3)c1. The van der Waals surface area contributed by atoms with Crippen LogP contribution in [-0.2, 0) is 22.9 Å². The minimum atomic E-state index is -3.60. The van der Waals surface area contributed by atoms with Crippen molar-refractivity contribution < 1.29 is 13.2 Å². The van der Waals surface area contributed by atoms with Gasteiger partial charge in [-0.2, -0.15) is 4.31 Å². The van der Waals surface area contributed by atoms with Crippen molar-refractivity contribution in [2.45, 2.75) is 38.0 Å². The topological polar surface area (TPSA) is 79.4 Å². The normalized spacial score (nSPS) is 13.6. The van der Waals surface area contributed by atoms with Crippen molar-refractivity contribution in [3.05, 3.63) is 65.4 Å². The van der Waals surface area contributed by atoms with Crippen LogP contribution in [0.1, 0.15) is 41.9 Å². The van der Waals surface area contributed by atoms with Crippen molar-refractivity contribution in [3.8, 4) is 0 Å². The number of hydrogen-bond donors (Lipinski definition) is 1. The number of amides is 1. The predicted molar refractivity (Wildman–Crippen MR) is 118 cm³/mol. The van der Waals surface area contributed by atoms with Crippen LogP contribution < -0.4 is 5.32 Å². The number of aromatic nitrogens is 1. The van der Waals surface area contributed by atoms with Crippen LogP contribution in [0, 0.1) is 0 Å². The van der Waals surface area contributed by atoms with Gasteiger partial charge >= 0.3 is 0 Å². The number of fused-ring (bicyclic) bond motifs is 2. The van der Waals surface area contributed by atoms with Gasteiger partial charge in [0, 0.05) is 29.9 Å². The summed E-state index contributed by atoms with van der Waals surface area (Å²) in [7, 11) is -3.60. The number of nitrogens with one attached hydrogen (secondary N) is 1. The molecule has 2 aromatic carbocycles. The molecule has 1 N–H and O–H groups in total. The van der Waals surface area contributed by atoms with Crippen molar-refractivity contribution in [3.63, 3.8) is 0 Å². The number of sulfonamides is 1. The minimum absolute atomic E-state index is 0.175. The van der Waals surface area contributed by atoms with E-state index in [0.717, 1.165) is 41.4 Å². The average molecular weight is 424 g/mol. The van der Waals surface area contributed by atoms with Crippen LogP contribution in [0.5, 0.6) is 0 Å². The first-order chi connectivity index (χ1) is 14.5. The first kappa shape index (κ1) is 20.5. The van der Waals surface area contributed by atoms with Crippen molar-refractivity contribution in [2.75, 3.05) is 18.4 Å². The fourth-order valence-electron chi connectivity index (χ4n) is 4.11. The molecule has 7 heteroatoms. The van der Waals surface area contributed by atoms with Gasteiger partial charge in [-0.3, -0.25) is 9.78 Å². The highest BCUT2D eigenvalue weighted by molar-refractivity contribution is 7.89. The van der Waals surface area contributed by atoms with E-state index in [-0.39, 0.29) is 10.8 Å². The molecule has 1 aliphatic carbocycles. The second kappa shape index (κ2) is 8.16. The van der Waals surface area contributed by atoms with Crippen LogP contribution in [0.4, 0.5) is 5.69 Å². The molecule has 0 radical (unpaired) electrons. The summed E-state index contributed by atoms with van der Waals surface area (Å²) in [6.07, 6.45) is 2.68. The molecule has 0 fully saturated rings. The Labute approximate surface area is 177 Å². The van der Waals surface area contributed by atoms with Gasteiger partial charge in [0.2, 0.25) is 10.0 Å². The highest BCUT2D eigenvalue weighted by Gasteiger charge is 2.25. The minimum Gasteiger partial charge on any atom is -0.322 e. The van der Waals surface area contributed by atoms with Crippen LogP contribution in [0.3, 0.4) is 0 Å². The third-order valence-electron chi connectivity index (χ3n) is 5.58. The Morgan fingerprint density at radius 2 is 1.83 bits per heavy atom. The molecule has 0 atom stereocenters. The molecular formula is C23H25N3O3S. The van der Waals surface area contributed by atoms with Gasteiger partial charge in [-0.15, -0.1) is 0 Å². The van der Waals surface area contributed by atoms with Gasteiger partial charge in [0.15, 0.2) is 0 Å². The first-order valence-corrected chi connectivity index (χ1v) is 11.7. The van der Waals surface area contributed by atoms with Gasteiger partial charge in [-0.1, -0.05) is 38.1 Å². The number of para-hydroxylation sites is 1. The van der Waals surface area contributed by atoms with Crippen LogP contribution >= 0.6 is 0 Å². The lowest BCUT2D eigenvalue weighted by Crippen LogP contribution is -2.30. The molecule has 3 aromatic rings. The van der Waals surface area contributed by atoms with Gasteiger partial charge in [0.1, 0.15) is 0 Å². The van der Waals surface area contributed by atoms with E-state index in [1.165, 1.54) is 10.4 Å². The molecule has 0 unspecified atom stereocenters. The highest BCUT2D eigenvalue weighted by Crippen LogP contribution is 2.31. The molecule has 4 rings (SSSR count). The molecule has 1 aliphatic rings. The molecule has 1 amide bonds. The monoisotopic (exact) mass is 423 g/mol. The zero-order chi connectivity index (χ0) is 21.3. The maximum absolute atomic E-state index is 13.3. The third-order valence-corrected chi connectivity index (χ3v) is 7.63. The van der Waals surface area contributed by atoms with Crippen molar-refractivity contribution in [1.82, 2.24) is 9.29 Å². The van der Waals surface area contributed by atoms with Crippen molar-refractivity contribution in [2.24, 2.45) is 0 Å². The largest absolute Gasteiger partial charge is 0.322 e. The quantitative estimate of drug-likeness (QED) is 0.650. The smallest absolute Gasteiger partial charge is 0.256 e.